The zero-order valence-corrected chi connectivity index (χ0v) is 13.4. The summed E-state index contributed by atoms with van der Waals surface area (Å²) in [6, 6.07) is 7.55. The molecule has 2 aromatic rings. The van der Waals surface area contributed by atoms with Crippen LogP contribution in [0.2, 0.25) is 5.02 Å². The first kappa shape index (κ1) is 15.8. The van der Waals surface area contributed by atoms with Gasteiger partial charge >= 0.3 is 0 Å². The van der Waals surface area contributed by atoms with Crippen molar-refractivity contribution in [2.45, 2.75) is 27.3 Å². The van der Waals surface area contributed by atoms with Crippen molar-refractivity contribution < 1.29 is 4.74 Å². The number of aromatic nitrogens is 1. The smallest absolute Gasteiger partial charge is 0.134 e. The van der Waals surface area contributed by atoms with Crippen LogP contribution in [0.3, 0.4) is 0 Å². The number of hydrogen-bond acceptors (Lipinski definition) is 3. The Bertz CT molecular complexity index is 599. The molecule has 0 unspecified atom stereocenters. The number of aryl methyl sites for hydroxylation is 1. The summed E-state index contributed by atoms with van der Waals surface area (Å²) in [6.07, 6.45) is 3.58. The quantitative estimate of drug-likeness (QED) is 0.848. The maximum Gasteiger partial charge on any atom is 0.134 e. The van der Waals surface area contributed by atoms with Crippen LogP contribution in [0.25, 0.3) is 0 Å². The average Bonchev–Trinajstić information content (AvgIpc) is 2.44. The Morgan fingerprint density at radius 2 is 2.10 bits per heavy atom. The molecule has 0 aliphatic rings. The maximum absolute atomic E-state index is 6.04. The van der Waals surface area contributed by atoms with Gasteiger partial charge in [-0.2, -0.15) is 0 Å². The van der Waals surface area contributed by atoms with Gasteiger partial charge in [-0.05, 0) is 49.2 Å². The monoisotopic (exact) mass is 304 g/mol. The van der Waals surface area contributed by atoms with Crippen LogP contribution in [0, 0.1) is 12.8 Å². The van der Waals surface area contributed by atoms with E-state index in [2.05, 4.69) is 24.1 Å². The van der Waals surface area contributed by atoms with Crippen molar-refractivity contribution in [3.8, 4) is 11.5 Å². The molecule has 0 bridgehead atoms. The van der Waals surface area contributed by atoms with E-state index in [1.165, 1.54) is 0 Å². The summed E-state index contributed by atoms with van der Waals surface area (Å²) in [7, 11) is 0. The van der Waals surface area contributed by atoms with E-state index in [9.17, 15) is 0 Å². The van der Waals surface area contributed by atoms with E-state index in [0.717, 1.165) is 40.7 Å². The first-order valence-corrected chi connectivity index (χ1v) is 7.51. The lowest BCUT2D eigenvalue weighted by Gasteiger charge is -2.13. The van der Waals surface area contributed by atoms with Crippen molar-refractivity contribution in [3.05, 3.63) is 52.8 Å². The fraction of sp³-hybridized carbons (Fsp3) is 0.353. The van der Waals surface area contributed by atoms with Gasteiger partial charge in [0.2, 0.25) is 0 Å². The molecule has 1 aromatic carbocycles. The molecule has 0 amide bonds. The number of benzene rings is 1. The van der Waals surface area contributed by atoms with E-state index in [1.54, 1.807) is 6.20 Å². The normalized spacial score (nSPS) is 10.9. The van der Waals surface area contributed by atoms with E-state index in [0.29, 0.717) is 5.92 Å². The highest BCUT2D eigenvalue weighted by Crippen LogP contribution is 2.27. The molecule has 1 N–H and O–H groups in total. The highest BCUT2D eigenvalue weighted by molar-refractivity contribution is 6.31. The molecule has 112 valence electrons. The number of halogens is 1. The average molecular weight is 305 g/mol. The van der Waals surface area contributed by atoms with Crippen molar-refractivity contribution in [2.24, 2.45) is 5.92 Å². The van der Waals surface area contributed by atoms with Crippen LogP contribution in [0.15, 0.2) is 36.7 Å². The minimum atomic E-state index is 0.616. The number of pyridine rings is 1. The lowest BCUT2D eigenvalue weighted by atomic mass is 10.2. The summed E-state index contributed by atoms with van der Waals surface area (Å²) in [5, 5.41) is 4.15. The van der Waals surface area contributed by atoms with Crippen molar-refractivity contribution in [1.29, 1.82) is 0 Å². The Labute approximate surface area is 131 Å². The largest absolute Gasteiger partial charge is 0.457 e. The van der Waals surface area contributed by atoms with Gasteiger partial charge in [-0.1, -0.05) is 25.4 Å². The predicted molar refractivity (Wildman–Crippen MR) is 87.0 cm³/mol. The van der Waals surface area contributed by atoms with Crippen molar-refractivity contribution in [2.75, 3.05) is 6.54 Å². The van der Waals surface area contributed by atoms with Gasteiger partial charge in [-0.15, -0.1) is 0 Å². The number of hydrogen-bond donors (Lipinski definition) is 1. The van der Waals surface area contributed by atoms with Gasteiger partial charge in [0.1, 0.15) is 11.5 Å². The Balaban J connectivity index is 2.10. The molecule has 0 aliphatic heterocycles. The van der Waals surface area contributed by atoms with E-state index < -0.39 is 0 Å². The molecule has 0 saturated carbocycles. The first-order chi connectivity index (χ1) is 10.1. The second-order valence-electron chi connectivity index (χ2n) is 5.52. The van der Waals surface area contributed by atoms with Crippen molar-refractivity contribution >= 4 is 11.6 Å². The topological polar surface area (TPSA) is 34.1 Å². The minimum Gasteiger partial charge on any atom is -0.457 e. The second kappa shape index (κ2) is 7.43. The van der Waals surface area contributed by atoms with E-state index in [1.807, 2.05) is 37.4 Å². The molecule has 0 spiro atoms. The molecular weight excluding hydrogens is 284 g/mol. The number of ether oxygens (including phenoxy) is 1. The van der Waals surface area contributed by atoms with Crippen molar-refractivity contribution in [1.82, 2.24) is 10.3 Å². The third-order valence-electron chi connectivity index (χ3n) is 3.08. The van der Waals surface area contributed by atoms with Crippen LogP contribution in [-0.2, 0) is 6.54 Å². The third kappa shape index (κ3) is 4.73. The van der Waals surface area contributed by atoms with Gasteiger partial charge in [0.25, 0.3) is 0 Å². The van der Waals surface area contributed by atoms with Crippen LogP contribution in [0.1, 0.15) is 25.0 Å². The highest BCUT2D eigenvalue weighted by atomic mass is 35.5. The molecule has 0 radical (unpaired) electrons. The fourth-order valence-corrected chi connectivity index (χ4v) is 2.07. The standard InChI is InChI=1S/C17H21ClN2O/c1-12(2)9-20-11-14-10-19-7-6-17(14)21-15-4-5-16(18)13(3)8-15/h4-8,10,12,20H,9,11H2,1-3H3. The van der Waals surface area contributed by atoms with Gasteiger partial charge in [0, 0.05) is 29.5 Å². The SMILES string of the molecule is Cc1cc(Oc2ccncc2CNCC(C)C)ccc1Cl. The molecule has 1 heterocycles. The lowest BCUT2D eigenvalue weighted by molar-refractivity contribution is 0.467. The van der Waals surface area contributed by atoms with Crippen LogP contribution < -0.4 is 10.1 Å². The molecule has 3 nitrogen and oxygen atoms in total. The number of nitrogens with one attached hydrogen (secondary N) is 1. The Morgan fingerprint density at radius 3 is 2.81 bits per heavy atom. The first-order valence-electron chi connectivity index (χ1n) is 7.14. The van der Waals surface area contributed by atoms with Crippen LogP contribution in [0.5, 0.6) is 11.5 Å². The summed E-state index contributed by atoms with van der Waals surface area (Å²) in [5.74, 6) is 2.22. The van der Waals surface area contributed by atoms with Gasteiger partial charge < -0.3 is 10.1 Å². The second-order valence-corrected chi connectivity index (χ2v) is 5.93. The molecule has 0 saturated heterocycles. The molecule has 2 rings (SSSR count). The van der Waals surface area contributed by atoms with Gasteiger partial charge in [0.05, 0.1) is 0 Å². The van der Waals surface area contributed by atoms with E-state index in [-0.39, 0.29) is 0 Å². The molecule has 0 fully saturated rings. The molecule has 1 aromatic heterocycles. The Hall–Kier alpha value is -1.58. The summed E-state index contributed by atoms with van der Waals surface area (Å²) in [6.45, 7) is 8.05. The number of nitrogens with zero attached hydrogens (tertiary/aromatic N) is 1. The fourth-order valence-electron chi connectivity index (χ4n) is 1.95. The minimum absolute atomic E-state index is 0.616. The summed E-state index contributed by atoms with van der Waals surface area (Å²) >= 11 is 6.04. The summed E-state index contributed by atoms with van der Waals surface area (Å²) in [5.41, 5.74) is 2.05. The zero-order chi connectivity index (χ0) is 15.2. The van der Waals surface area contributed by atoms with Crippen LogP contribution >= 0.6 is 11.6 Å². The van der Waals surface area contributed by atoms with E-state index in [4.69, 9.17) is 16.3 Å². The Kier molecular flexibility index (Phi) is 5.59. The lowest BCUT2D eigenvalue weighted by Crippen LogP contribution is -2.19. The third-order valence-corrected chi connectivity index (χ3v) is 3.51. The van der Waals surface area contributed by atoms with Crippen LogP contribution in [0.4, 0.5) is 0 Å². The zero-order valence-electron chi connectivity index (χ0n) is 12.7. The Morgan fingerprint density at radius 1 is 1.29 bits per heavy atom. The highest BCUT2D eigenvalue weighted by Gasteiger charge is 2.06. The van der Waals surface area contributed by atoms with Gasteiger partial charge in [-0.3, -0.25) is 4.98 Å². The maximum atomic E-state index is 6.04. The summed E-state index contributed by atoms with van der Waals surface area (Å²) < 4.78 is 5.96. The molecule has 21 heavy (non-hydrogen) atoms. The van der Waals surface area contributed by atoms with Gasteiger partial charge in [0.15, 0.2) is 0 Å². The summed E-state index contributed by atoms with van der Waals surface area (Å²) in [4.78, 5) is 4.18. The van der Waals surface area contributed by atoms with E-state index >= 15 is 0 Å². The molecule has 0 atom stereocenters. The predicted octanol–water partition coefficient (Wildman–Crippen LogP) is 4.58. The van der Waals surface area contributed by atoms with Crippen LogP contribution in [-0.4, -0.2) is 11.5 Å². The number of rotatable bonds is 6. The van der Waals surface area contributed by atoms with Gasteiger partial charge in [-0.25, -0.2) is 0 Å². The van der Waals surface area contributed by atoms with Crippen molar-refractivity contribution in [3.63, 3.8) is 0 Å². The molecular formula is C17H21ClN2O. The molecule has 4 heteroatoms. The molecule has 0 aliphatic carbocycles.